The van der Waals surface area contributed by atoms with Crippen molar-refractivity contribution < 1.29 is 18.6 Å². The van der Waals surface area contributed by atoms with Crippen molar-refractivity contribution in [2.24, 2.45) is 0 Å². The molecular formula is C32H39BrFNO3. The first-order chi connectivity index (χ1) is 17.8. The van der Waals surface area contributed by atoms with Gasteiger partial charge in [0.2, 0.25) is 0 Å². The maximum atomic E-state index is 14.5. The van der Waals surface area contributed by atoms with Crippen molar-refractivity contribution in [3.05, 3.63) is 93.2 Å². The van der Waals surface area contributed by atoms with Crippen LogP contribution in [0.5, 0.6) is 5.75 Å². The minimum absolute atomic E-state index is 0.0322. The molecule has 0 amide bonds. The summed E-state index contributed by atoms with van der Waals surface area (Å²) in [7, 11) is 0. The molecule has 1 aliphatic rings. The van der Waals surface area contributed by atoms with Crippen LogP contribution in [-0.2, 0) is 28.0 Å². The van der Waals surface area contributed by atoms with E-state index in [1.54, 1.807) is 6.07 Å². The van der Waals surface area contributed by atoms with Crippen molar-refractivity contribution in [2.75, 3.05) is 5.32 Å². The highest BCUT2D eigenvalue weighted by atomic mass is 79.9. The second-order valence-corrected chi connectivity index (χ2v) is 12.7. The second kappa shape index (κ2) is 11.4. The summed E-state index contributed by atoms with van der Waals surface area (Å²) in [5.74, 6) is 0.466. The number of rotatable bonds is 8. The zero-order valence-corrected chi connectivity index (χ0v) is 25.0. The molecule has 0 saturated heterocycles. The maximum Gasteiger partial charge on any atom is 0.132 e. The third-order valence-electron chi connectivity index (χ3n) is 6.82. The van der Waals surface area contributed by atoms with E-state index >= 15 is 0 Å². The SMILES string of the molecule is CC(C)OC1c2cc(NCc3ccc(C(C)(C)C)cc3)ccc2OC(C)(C)C1OCc1ccc(Br)cc1F. The molecule has 6 heteroatoms. The number of halogens is 2. The Balaban J connectivity index is 1.56. The molecule has 38 heavy (non-hydrogen) atoms. The monoisotopic (exact) mass is 583 g/mol. The molecular weight excluding hydrogens is 545 g/mol. The first-order valence-electron chi connectivity index (χ1n) is 13.2. The molecule has 4 nitrogen and oxygen atoms in total. The van der Waals surface area contributed by atoms with Crippen molar-refractivity contribution in [2.45, 2.75) is 90.9 Å². The van der Waals surface area contributed by atoms with Crippen LogP contribution in [0.3, 0.4) is 0 Å². The van der Waals surface area contributed by atoms with Crippen LogP contribution < -0.4 is 10.1 Å². The van der Waals surface area contributed by atoms with Gasteiger partial charge in [-0.3, -0.25) is 0 Å². The Hall–Kier alpha value is -2.41. The first-order valence-corrected chi connectivity index (χ1v) is 14.0. The number of nitrogens with one attached hydrogen (secondary N) is 1. The van der Waals surface area contributed by atoms with Crippen LogP contribution in [-0.4, -0.2) is 17.8 Å². The summed E-state index contributed by atoms with van der Waals surface area (Å²) in [6, 6.07) is 19.8. The summed E-state index contributed by atoms with van der Waals surface area (Å²) in [6.45, 7) is 15.5. The van der Waals surface area contributed by atoms with Gasteiger partial charge in [0.15, 0.2) is 0 Å². The molecule has 4 rings (SSSR count). The minimum Gasteiger partial charge on any atom is -0.485 e. The second-order valence-electron chi connectivity index (χ2n) is 11.8. The Morgan fingerprint density at radius 1 is 1.03 bits per heavy atom. The van der Waals surface area contributed by atoms with Gasteiger partial charge in [0.05, 0.1) is 12.7 Å². The average molecular weight is 585 g/mol. The molecule has 0 bridgehead atoms. The van der Waals surface area contributed by atoms with Crippen LogP contribution in [0.1, 0.15) is 76.8 Å². The van der Waals surface area contributed by atoms with Crippen LogP contribution in [0.4, 0.5) is 10.1 Å². The van der Waals surface area contributed by atoms with E-state index in [0.717, 1.165) is 17.0 Å². The lowest BCUT2D eigenvalue weighted by Gasteiger charge is -2.45. The first kappa shape index (κ1) is 28.6. The Morgan fingerprint density at radius 3 is 2.37 bits per heavy atom. The fraction of sp³-hybridized carbons (Fsp3) is 0.438. The number of fused-ring (bicyclic) bond motifs is 1. The van der Waals surface area contributed by atoms with Gasteiger partial charge in [-0.1, -0.05) is 67.0 Å². The summed E-state index contributed by atoms with van der Waals surface area (Å²) < 4.78 is 34.4. The summed E-state index contributed by atoms with van der Waals surface area (Å²) in [6.07, 6.45) is -0.851. The van der Waals surface area contributed by atoms with Gasteiger partial charge < -0.3 is 19.5 Å². The predicted molar refractivity (Wildman–Crippen MR) is 155 cm³/mol. The standard InChI is InChI=1S/C32H39BrFNO3/c1-20(2)37-29-26-17-25(35-18-21-8-11-23(12-9-21)31(3,4)5)14-15-28(26)38-32(6,7)30(29)36-19-22-10-13-24(33)16-27(22)34/h8-17,20,29-30,35H,18-19H2,1-7H3. The number of benzene rings is 3. The molecule has 2 unspecified atom stereocenters. The molecule has 1 aliphatic heterocycles. The summed E-state index contributed by atoms with van der Waals surface area (Å²) in [5, 5.41) is 3.54. The zero-order valence-electron chi connectivity index (χ0n) is 23.4. The van der Waals surface area contributed by atoms with Crippen molar-refractivity contribution >= 4 is 21.6 Å². The molecule has 0 fully saturated rings. The highest BCUT2D eigenvalue weighted by Crippen LogP contribution is 2.45. The fourth-order valence-corrected chi connectivity index (χ4v) is 5.05. The van der Waals surface area contributed by atoms with Gasteiger partial charge in [-0.2, -0.15) is 0 Å². The van der Waals surface area contributed by atoms with Crippen LogP contribution >= 0.6 is 15.9 Å². The van der Waals surface area contributed by atoms with Crippen molar-refractivity contribution in [3.8, 4) is 5.75 Å². The largest absolute Gasteiger partial charge is 0.485 e. The van der Waals surface area contributed by atoms with Gasteiger partial charge in [-0.05, 0) is 74.6 Å². The van der Waals surface area contributed by atoms with Crippen molar-refractivity contribution in [3.63, 3.8) is 0 Å². The average Bonchev–Trinajstić information content (AvgIpc) is 2.82. The lowest BCUT2D eigenvalue weighted by atomic mass is 9.87. The molecule has 3 aromatic rings. The molecule has 204 valence electrons. The van der Waals surface area contributed by atoms with Crippen LogP contribution in [0, 0.1) is 5.82 Å². The molecule has 1 heterocycles. The fourth-order valence-electron chi connectivity index (χ4n) is 4.71. The predicted octanol–water partition coefficient (Wildman–Crippen LogP) is 8.72. The summed E-state index contributed by atoms with van der Waals surface area (Å²) >= 11 is 3.32. The van der Waals surface area contributed by atoms with Gasteiger partial charge in [0, 0.05) is 27.8 Å². The van der Waals surface area contributed by atoms with E-state index in [4.69, 9.17) is 14.2 Å². The van der Waals surface area contributed by atoms with Gasteiger partial charge in [-0.25, -0.2) is 4.39 Å². The molecule has 0 aliphatic carbocycles. The summed E-state index contributed by atoms with van der Waals surface area (Å²) in [5.41, 5.74) is 4.37. The topological polar surface area (TPSA) is 39.7 Å². The number of hydrogen-bond donors (Lipinski definition) is 1. The summed E-state index contributed by atoms with van der Waals surface area (Å²) in [4.78, 5) is 0. The van der Waals surface area contributed by atoms with Crippen LogP contribution in [0.2, 0.25) is 0 Å². The molecule has 0 spiro atoms. The van der Waals surface area contributed by atoms with Crippen LogP contribution in [0.25, 0.3) is 0 Å². The van der Waals surface area contributed by atoms with Gasteiger partial charge in [0.1, 0.15) is 29.4 Å². The van der Waals surface area contributed by atoms with Gasteiger partial charge in [-0.15, -0.1) is 0 Å². The highest BCUT2D eigenvalue weighted by molar-refractivity contribution is 9.10. The van der Waals surface area contributed by atoms with Gasteiger partial charge in [0.25, 0.3) is 0 Å². The Morgan fingerprint density at radius 2 is 1.74 bits per heavy atom. The third-order valence-corrected chi connectivity index (χ3v) is 7.31. The van der Waals surface area contributed by atoms with E-state index in [1.165, 1.54) is 17.2 Å². The van der Waals surface area contributed by atoms with E-state index < -0.39 is 11.7 Å². The minimum atomic E-state index is -0.678. The molecule has 3 aromatic carbocycles. The van der Waals surface area contributed by atoms with Crippen molar-refractivity contribution in [1.82, 2.24) is 0 Å². The Labute approximate surface area is 235 Å². The van der Waals surface area contributed by atoms with Crippen molar-refractivity contribution in [1.29, 1.82) is 0 Å². The highest BCUT2D eigenvalue weighted by Gasteiger charge is 2.46. The molecule has 1 N–H and O–H groups in total. The molecule has 2 atom stereocenters. The number of ether oxygens (including phenoxy) is 3. The van der Waals surface area contributed by atoms with E-state index in [-0.39, 0.29) is 30.0 Å². The van der Waals surface area contributed by atoms with Crippen LogP contribution in [0.15, 0.2) is 65.1 Å². The Bertz CT molecular complexity index is 1250. The van der Waals surface area contributed by atoms with Gasteiger partial charge >= 0.3 is 0 Å². The Kier molecular flexibility index (Phi) is 8.55. The molecule has 0 saturated carbocycles. The maximum absolute atomic E-state index is 14.5. The quantitative estimate of drug-likeness (QED) is 0.288. The zero-order chi connectivity index (χ0) is 27.7. The molecule has 0 radical (unpaired) electrons. The lowest BCUT2D eigenvalue weighted by molar-refractivity contribution is -0.177. The smallest absolute Gasteiger partial charge is 0.132 e. The van der Waals surface area contributed by atoms with E-state index in [2.05, 4.69) is 72.3 Å². The third kappa shape index (κ3) is 6.77. The van der Waals surface area contributed by atoms with E-state index in [0.29, 0.717) is 16.6 Å². The van der Waals surface area contributed by atoms with E-state index in [1.807, 2.05) is 45.9 Å². The van der Waals surface area contributed by atoms with E-state index in [9.17, 15) is 4.39 Å². The molecule has 0 aromatic heterocycles. The number of hydrogen-bond acceptors (Lipinski definition) is 4. The lowest BCUT2D eigenvalue weighted by Crippen LogP contribution is -2.51. The normalized spacial score (nSPS) is 18.7. The number of anilines is 1.